The average molecular weight is 817 g/mol. The lowest BCUT2D eigenvalue weighted by atomic mass is 9.98. The van der Waals surface area contributed by atoms with Crippen molar-refractivity contribution >= 4 is 52.1 Å². The number of aromatic carboxylic acids is 1. The molecule has 11 nitrogen and oxygen atoms in total. The molecule has 13 heteroatoms. The molecule has 0 saturated heterocycles. The normalized spacial score (nSPS) is 13.2. The fourth-order valence-electron chi connectivity index (χ4n) is 7.80. The maximum Gasteiger partial charge on any atom is 0.407 e. The van der Waals surface area contributed by atoms with Gasteiger partial charge in [-0.05, 0) is 132 Å². The topological polar surface area (TPSA) is 128 Å². The summed E-state index contributed by atoms with van der Waals surface area (Å²) in [6.45, 7) is 15.2. The number of benzene rings is 3. The van der Waals surface area contributed by atoms with Gasteiger partial charge in [-0.25, -0.2) is 9.59 Å². The molecule has 302 valence electrons. The Bertz CT molecular complexity index is 2350. The number of nitrogens with zero attached hydrogens (tertiary/aromatic N) is 4. The third kappa shape index (κ3) is 9.10. The maximum absolute atomic E-state index is 15.0. The van der Waals surface area contributed by atoms with Gasteiger partial charge in [0.25, 0.3) is 5.91 Å². The van der Waals surface area contributed by atoms with Crippen LogP contribution in [-0.2, 0) is 37.7 Å². The predicted molar refractivity (Wildman–Crippen MR) is 224 cm³/mol. The Kier molecular flexibility index (Phi) is 12.3. The number of aryl methyl sites for hydroxylation is 6. The smallest absolute Gasteiger partial charge is 0.407 e. The first kappa shape index (κ1) is 41.6. The van der Waals surface area contributed by atoms with Crippen LogP contribution >= 0.6 is 23.2 Å². The van der Waals surface area contributed by atoms with Gasteiger partial charge in [0.05, 0.1) is 28.4 Å². The van der Waals surface area contributed by atoms with Gasteiger partial charge in [-0.15, -0.1) is 0 Å². The highest BCUT2D eigenvalue weighted by Gasteiger charge is 2.32. The minimum Gasteiger partial charge on any atom is -0.494 e. The number of hydrogen-bond donors (Lipinski definition) is 2. The van der Waals surface area contributed by atoms with Gasteiger partial charge in [-0.1, -0.05) is 35.3 Å². The Morgan fingerprint density at radius 2 is 1.65 bits per heavy atom. The quantitative estimate of drug-likeness (QED) is 0.120. The number of amides is 2. The van der Waals surface area contributed by atoms with Crippen molar-refractivity contribution in [2.24, 2.45) is 7.05 Å². The summed E-state index contributed by atoms with van der Waals surface area (Å²) in [4.78, 5) is 41.3. The van der Waals surface area contributed by atoms with E-state index >= 15 is 0 Å². The molecule has 2 N–H and O–H groups in total. The standard InChI is InChI=1S/C44H51Cl2N5O6/c1-25-19-32(20-26(2)38(25)46)56-18-9-11-33-34-12-13-35(45)37(36-27(3)48-49(8)28(36)4)39(34)51-17-10-16-50(41(52)40(33)51)24-30-21-29(22-31(23-30)42(53)54)14-15-47-43(55)57-44(5,6)7/h12-13,19-23H,9-11,14-18,24H2,1-8H3,(H,47,55)(H,53,54). The number of carboxylic acid groups (broad SMARTS) is 1. The number of ether oxygens (including phenoxy) is 2. The van der Waals surface area contributed by atoms with Gasteiger partial charge in [0.2, 0.25) is 0 Å². The van der Waals surface area contributed by atoms with Gasteiger partial charge < -0.3 is 29.4 Å². The van der Waals surface area contributed by atoms with Crippen molar-refractivity contribution in [3.8, 4) is 16.9 Å². The van der Waals surface area contributed by atoms with Crippen molar-refractivity contribution in [2.75, 3.05) is 19.7 Å². The van der Waals surface area contributed by atoms with Gasteiger partial charge in [-0.3, -0.25) is 9.48 Å². The fourth-order valence-corrected chi connectivity index (χ4v) is 8.16. The van der Waals surface area contributed by atoms with Crippen LogP contribution in [0.15, 0.2) is 42.5 Å². The molecule has 3 heterocycles. The first-order chi connectivity index (χ1) is 26.9. The van der Waals surface area contributed by atoms with Gasteiger partial charge in [-0.2, -0.15) is 5.10 Å². The lowest BCUT2D eigenvalue weighted by molar-refractivity contribution is 0.0527. The van der Waals surface area contributed by atoms with Crippen LogP contribution in [-0.4, -0.2) is 67.6 Å². The van der Waals surface area contributed by atoms with Crippen LogP contribution in [0.1, 0.15) is 93.7 Å². The highest BCUT2D eigenvalue weighted by atomic mass is 35.5. The molecule has 0 atom stereocenters. The summed E-state index contributed by atoms with van der Waals surface area (Å²) in [6.07, 6.45) is 1.72. The van der Waals surface area contributed by atoms with Crippen molar-refractivity contribution in [1.82, 2.24) is 24.6 Å². The zero-order chi connectivity index (χ0) is 41.3. The summed E-state index contributed by atoms with van der Waals surface area (Å²) in [6, 6.07) is 12.9. The monoisotopic (exact) mass is 815 g/mol. The van der Waals surface area contributed by atoms with Crippen LogP contribution in [0.2, 0.25) is 10.0 Å². The maximum atomic E-state index is 15.0. The minimum atomic E-state index is -1.07. The van der Waals surface area contributed by atoms with Crippen LogP contribution in [0.25, 0.3) is 22.0 Å². The SMILES string of the molecule is Cc1cc(OCCCc2c3n(c4c(-c5c(C)nn(C)c5C)c(Cl)ccc24)CCCN(Cc2cc(CCNC(=O)OC(C)(C)C)cc(C(=O)O)c2)C3=O)cc(C)c1Cl. The third-order valence-corrected chi connectivity index (χ3v) is 11.3. The first-order valence-electron chi connectivity index (χ1n) is 19.3. The Morgan fingerprint density at radius 3 is 2.30 bits per heavy atom. The Morgan fingerprint density at radius 1 is 0.947 bits per heavy atom. The molecule has 0 spiro atoms. The van der Waals surface area contributed by atoms with Crippen LogP contribution in [0.3, 0.4) is 0 Å². The van der Waals surface area contributed by atoms with Gasteiger partial charge in [0.15, 0.2) is 0 Å². The molecule has 0 bridgehead atoms. The largest absolute Gasteiger partial charge is 0.494 e. The highest BCUT2D eigenvalue weighted by molar-refractivity contribution is 6.35. The Hall–Kier alpha value is -5.00. The average Bonchev–Trinajstić information content (AvgIpc) is 3.51. The molecule has 3 aromatic carbocycles. The van der Waals surface area contributed by atoms with Gasteiger partial charge >= 0.3 is 12.1 Å². The summed E-state index contributed by atoms with van der Waals surface area (Å²) < 4.78 is 15.5. The lowest BCUT2D eigenvalue weighted by Crippen LogP contribution is -2.33. The fraction of sp³-hybridized carbons (Fsp3) is 0.409. The molecule has 0 aliphatic carbocycles. The Balaban J connectivity index is 1.36. The minimum absolute atomic E-state index is 0.115. The number of carbonyl (C=O) groups is 3. The third-order valence-electron chi connectivity index (χ3n) is 10.3. The number of carbonyl (C=O) groups excluding carboxylic acids is 2. The Labute approximate surface area is 343 Å². The predicted octanol–water partition coefficient (Wildman–Crippen LogP) is 9.41. The highest BCUT2D eigenvalue weighted by Crippen LogP contribution is 2.43. The van der Waals surface area contributed by atoms with E-state index in [9.17, 15) is 19.5 Å². The van der Waals surface area contributed by atoms with E-state index in [1.54, 1.807) is 32.9 Å². The molecule has 0 unspecified atom stereocenters. The van der Waals surface area contributed by atoms with Crippen molar-refractivity contribution in [3.05, 3.63) is 103 Å². The molecule has 1 aliphatic rings. The second-order valence-corrected chi connectivity index (χ2v) is 16.7. The molecule has 0 fully saturated rings. The number of fused-ring (bicyclic) bond motifs is 3. The molecule has 2 aromatic heterocycles. The molecular weight excluding hydrogens is 765 g/mol. The zero-order valence-corrected chi connectivity index (χ0v) is 35.5. The van der Waals surface area contributed by atoms with E-state index in [4.69, 9.17) is 37.8 Å². The summed E-state index contributed by atoms with van der Waals surface area (Å²) >= 11 is 13.5. The number of hydrogen-bond acceptors (Lipinski definition) is 6. The molecule has 5 aromatic rings. The number of nitrogens with one attached hydrogen (secondary N) is 1. The number of alkyl carbamates (subject to hydrolysis) is 1. The van der Waals surface area contributed by atoms with Gasteiger partial charge in [0, 0.05) is 60.5 Å². The number of aromatic nitrogens is 3. The number of rotatable bonds is 12. The number of carboxylic acids is 1. The summed E-state index contributed by atoms with van der Waals surface area (Å²) in [5, 5.41) is 19.7. The van der Waals surface area contributed by atoms with Crippen LogP contribution in [0.4, 0.5) is 4.79 Å². The van der Waals surface area contributed by atoms with E-state index < -0.39 is 17.7 Å². The van der Waals surface area contributed by atoms with Crippen molar-refractivity contribution in [1.29, 1.82) is 0 Å². The van der Waals surface area contributed by atoms with E-state index in [1.807, 2.05) is 74.7 Å². The van der Waals surface area contributed by atoms with E-state index in [0.717, 1.165) is 66.4 Å². The summed E-state index contributed by atoms with van der Waals surface area (Å²) in [5.74, 6) is -0.462. The van der Waals surface area contributed by atoms with Crippen molar-refractivity contribution in [3.63, 3.8) is 0 Å². The molecular formula is C44H51Cl2N5O6. The molecule has 6 rings (SSSR count). The van der Waals surface area contributed by atoms with Crippen LogP contribution in [0.5, 0.6) is 5.75 Å². The molecule has 0 radical (unpaired) electrons. The van der Waals surface area contributed by atoms with E-state index in [0.29, 0.717) is 61.7 Å². The summed E-state index contributed by atoms with van der Waals surface area (Å²) in [7, 11) is 1.91. The second kappa shape index (κ2) is 16.8. The first-order valence-corrected chi connectivity index (χ1v) is 20.0. The second-order valence-electron chi connectivity index (χ2n) is 15.9. The summed E-state index contributed by atoms with van der Waals surface area (Å²) in [5.41, 5.74) is 8.83. The lowest BCUT2D eigenvalue weighted by Gasteiger charge is -2.22. The molecule has 0 saturated carbocycles. The van der Waals surface area contributed by atoms with Gasteiger partial charge in [0.1, 0.15) is 17.0 Å². The van der Waals surface area contributed by atoms with Crippen molar-refractivity contribution < 1.29 is 29.0 Å². The molecule has 57 heavy (non-hydrogen) atoms. The molecule has 2 amide bonds. The van der Waals surface area contributed by atoms with E-state index in [1.165, 1.54) is 0 Å². The van der Waals surface area contributed by atoms with E-state index in [-0.39, 0.29) is 24.6 Å². The zero-order valence-electron chi connectivity index (χ0n) is 33.9. The van der Waals surface area contributed by atoms with Crippen LogP contribution in [0, 0.1) is 27.7 Å². The number of halogens is 2. The van der Waals surface area contributed by atoms with Crippen molar-refractivity contribution in [2.45, 2.75) is 92.8 Å². The molecule has 1 aliphatic heterocycles. The van der Waals surface area contributed by atoms with E-state index in [2.05, 4.69) is 9.88 Å². The van der Waals surface area contributed by atoms with Crippen LogP contribution < -0.4 is 10.1 Å².